The van der Waals surface area contributed by atoms with E-state index in [1.165, 1.54) is 50.0 Å². The Balaban J connectivity index is 2.00. The molecule has 1 atom stereocenters. The molecule has 2 nitrogen and oxygen atoms in total. The molecule has 0 saturated heterocycles. The van der Waals surface area contributed by atoms with Crippen molar-refractivity contribution in [3.63, 3.8) is 0 Å². The van der Waals surface area contributed by atoms with Crippen molar-refractivity contribution < 1.29 is 0 Å². The van der Waals surface area contributed by atoms with Crippen LogP contribution in [-0.4, -0.2) is 13.1 Å². The Morgan fingerprint density at radius 2 is 2.17 bits per heavy atom. The Labute approximate surface area is 111 Å². The Kier molecular flexibility index (Phi) is 4.51. The van der Waals surface area contributed by atoms with Gasteiger partial charge in [0.25, 0.3) is 0 Å². The minimum absolute atomic E-state index is 0.841. The topological polar surface area (TPSA) is 29.3 Å². The summed E-state index contributed by atoms with van der Waals surface area (Å²) in [6, 6.07) is 6.37. The fourth-order valence-electron chi connectivity index (χ4n) is 2.91. The Bertz CT molecular complexity index is 387. The van der Waals surface area contributed by atoms with Crippen LogP contribution in [0.4, 0.5) is 11.4 Å². The Morgan fingerprint density at radius 1 is 1.33 bits per heavy atom. The number of hydrogen-bond donors (Lipinski definition) is 1. The first-order chi connectivity index (χ1) is 8.74. The Hall–Kier alpha value is -1.18. The molecule has 2 N–H and O–H groups in total. The summed E-state index contributed by atoms with van der Waals surface area (Å²) in [7, 11) is 0. The SMILES string of the molecule is CCCCC(CC)CN1CCc2cc(N)ccc21. The number of nitrogens with two attached hydrogens (primary N) is 1. The highest BCUT2D eigenvalue weighted by Crippen LogP contribution is 2.31. The molecule has 0 amide bonds. The largest absolute Gasteiger partial charge is 0.399 e. The van der Waals surface area contributed by atoms with Gasteiger partial charge in [0.2, 0.25) is 0 Å². The average Bonchev–Trinajstić information content (AvgIpc) is 2.76. The van der Waals surface area contributed by atoms with E-state index in [2.05, 4.69) is 30.9 Å². The van der Waals surface area contributed by atoms with Gasteiger partial charge in [0.15, 0.2) is 0 Å². The highest BCUT2D eigenvalue weighted by atomic mass is 15.1. The minimum atomic E-state index is 0.841. The van der Waals surface area contributed by atoms with Gasteiger partial charge in [-0.15, -0.1) is 0 Å². The van der Waals surface area contributed by atoms with E-state index >= 15 is 0 Å². The molecule has 0 aliphatic carbocycles. The molecular weight excluding hydrogens is 220 g/mol. The highest BCUT2D eigenvalue weighted by Gasteiger charge is 2.21. The van der Waals surface area contributed by atoms with Crippen molar-refractivity contribution in [2.24, 2.45) is 5.92 Å². The fourth-order valence-corrected chi connectivity index (χ4v) is 2.91. The molecule has 0 radical (unpaired) electrons. The summed E-state index contributed by atoms with van der Waals surface area (Å²) >= 11 is 0. The molecule has 1 aliphatic rings. The molecule has 0 bridgehead atoms. The molecule has 1 aliphatic heterocycles. The molecule has 100 valence electrons. The van der Waals surface area contributed by atoms with Crippen molar-refractivity contribution in [2.75, 3.05) is 23.7 Å². The van der Waals surface area contributed by atoms with Crippen LogP contribution in [0.15, 0.2) is 18.2 Å². The first-order valence-corrected chi connectivity index (χ1v) is 7.38. The minimum Gasteiger partial charge on any atom is -0.399 e. The lowest BCUT2D eigenvalue weighted by atomic mass is 9.98. The predicted octanol–water partition coefficient (Wildman–Crippen LogP) is 3.85. The van der Waals surface area contributed by atoms with Crippen LogP contribution in [0, 0.1) is 5.92 Å². The van der Waals surface area contributed by atoms with Crippen LogP contribution in [0.5, 0.6) is 0 Å². The van der Waals surface area contributed by atoms with Crippen LogP contribution in [0.2, 0.25) is 0 Å². The van der Waals surface area contributed by atoms with Gasteiger partial charge >= 0.3 is 0 Å². The van der Waals surface area contributed by atoms with E-state index in [-0.39, 0.29) is 0 Å². The zero-order valence-corrected chi connectivity index (χ0v) is 11.8. The molecule has 2 rings (SSSR count). The van der Waals surface area contributed by atoms with Gasteiger partial charge in [-0.3, -0.25) is 0 Å². The molecule has 0 fully saturated rings. The third kappa shape index (κ3) is 2.98. The maximum Gasteiger partial charge on any atom is 0.0401 e. The van der Waals surface area contributed by atoms with Crippen LogP contribution >= 0.6 is 0 Å². The summed E-state index contributed by atoms with van der Waals surface area (Å²) in [6.45, 7) is 6.98. The van der Waals surface area contributed by atoms with E-state index in [0.29, 0.717) is 0 Å². The van der Waals surface area contributed by atoms with Crippen molar-refractivity contribution in [3.05, 3.63) is 23.8 Å². The van der Waals surface area contributed by atoms with Crippen molar-refractivity contribution in [2.45, 2.75) is 46.0 Å². The molecule has 0 saturated carbocycles. The van der Waals surface area contributed by atoms with Gasteiger partial charge in [-0.1, -0.05) is 33.1 Å². The summed E-state index contributed by atoms with van der Waals surface area (Å²) < 4.78 is 0. The first-order valence-electron chi connectivity index (χ1n) is 7.38. The quantitative estimate of drug-likeness (QED) is 0.773. The van der Waals surface area contributed by atoms with Gasteiger partial charge < -0.3 is 10.6 Å². The van der Waals surface area contributed by atoms with Gasteiger partial charge in [-0.25, -0.2) is 0 Å². The van der Waals surface area contributed by atoms with Crippen molar-refractivity contribution >= 4 is 11.4 Å². The maximum atomic E-state index is 5.85. The summed E-state index contributed by atoms with van der Waals surface area (Å²) in [6.07, 6.45) is 6.49. The monoisotopic (exact) mass is 246 g/mol. The second-order valence-electron chi connectivity index (χ2n) is 5.50. The molecule has 1 unspecified atom stereocenters. The van der Waals surface area contributed by atoms with Crippen LogP contribution in [-0.2, 0) is 6.42 Å². The maximum absolute atomic E-state index is 5.85. The summed E-state index contributed by atoms with van der Waals surface area (Å²) in [4.78, 5) is 2.55. The van der Waals surface area contributed by atoms with Crippen LogP contribution in [0.1, 0.15) is 45.1 Å². The van der Waals surface area contributed by atoms with Crippen molar-refractivity contribution in [1.29, 1.82) is 0 Å². The second-order valence-corrected chi connectivity index (χ2v) is 5.50. The molecule has 1 aromatic rings. The van der Waals surface area contributed by atoms with Crippen LogP contribution in [0.25, 0.3) is 0 Å². The lowest BCUT2D eigenvalue weighted by Gasteiger charge is -2.25. The van der Waals surface area contributed by atoms with Gasteiger partial charge in [-0.2, -0.15) is 0 Å². The molecule has 1 aromatic carbocycles. The predicted molar refractivity (Wildman–Crippen MR) is 80.1 cm³/mol. The van der Waals surface area contributed by atoms with Gasteiger partial charge in [0.1, 0.15) is 0 Å². The number of benzene rings is 1. The first kappa shape index (κ1) is 13.3. The summed E-state index contributed by atoms with van der Waals surface area (Å²) in [5, 5.41) is 0. The lowest BCUT2D eigenvalue weighted by Crippen LogP contribution is -2.27. The normalized spacial score (nSPS) is 15.8. The molecule has 1 heterocycles. The summed E-state index contributed by atoms with van der Waals surface area (Å²) in [5.74, 6) is 0.841. The molecule has 0 aromatic heterocycles. The number of rotatable bonds is 6. The highest BCUT2D eigenvalue weighted by molar-refractivity contribution is 5.62. The van der Waals surface area contributed by atoms with Gasteiger partial charge in [0.05, 0.1) is 0 Å². The van der Waals surface area contributed by atoms with E-state index in [9.17, 15) is 0 Å². The molecule has 18 heavy (non-hydrogen) atoms. The summed E-state index contributed by atoms with van der Waals surface area (Å²) in [5.41, 5.74) is 9.59. The van der Waals surface area contributed by atoms with Gasteiger partial charge in [-0.05, 0) is 42.5 Å². The van der Waals surface area contributed by atoms with E-state index in [1.807, 2.05) is 6.07 Å². The van der Waals surface area contributed by atoms with E-state index in [0.717, 1.165) is 18.0 Å². The zero-order valence-electron chi connectivity index (χ0n) is 11.8. The standard InChI is InChI=1S/C16H26N2/c1-3-5-6-13(4-2)12-18-10-9-14-11-15(17)7-8-16(14)18/h7-8,11,13H,3-6,9-10,12,17H2,1-2H3. The molecule has 2 heteroatoms. The van der Waals surface area contributed by atoms with Crippen LogP contribution in [0.3, 0.4) is 0 Å². The average molecular weight is 246 g/mol. The smallest absolute Gasteiger partial charge is 0.0401 e. The van der Waals surface area contributed by atoms with Crippen molar-refractivity contribution in [1.82, 2.24) is 0 Å². The second kappa shape index (κ2) is 6.12. The number of anilines is 2. The van der Waals surface area contributed by atoms with E-state index < -0.39 is 0 Å². The number of hydrogen-bond acceptors (Lipinski definition) is 2. The third-order valence-corrected chi connectivity index (χ3v) is 4.12. The van der Waals surface area contributed by atoms with Gasteiger partial charge in [0, 0.05) is 24.5 Å². The third-order valence-electron chi connectivity index (χ3n) is 4.12. The Morgan fingerprint density at radius 3 is 2.89 bits per heavy atom. The number of nitrogens with zero attached hydrogens (tertiary/aromatic N) is 1. The number of nitrogen functional groups attached to an aromatic ring is 1. The molecule has 0 spiro atoms. The van der Waals surface area contributed by atoms with Crippen molar-refractivity contribution in [3.8, 4) is 0 Å². The zero-order chi connectivity index (χ0) is 13.0. The fraction of sp³-hybridized carbons (Fsp3) is 0.625. The lowest BCUT2D eigenvalue weighted by molar-refractivity contribution is 0.449. The van der Waals surface area contributed by atoms with Crippen LogP contribution < -0.4 is 10.6 Å². The number of fused-ring (bicyclic) bond motifs is 1. The van der Waals surface area contributed by atoms with E-state index in [4.69, 9.17) is 5.73 Å². The molecular formula is C16H26N2. The van der Waals surface area contributed by atoms with E-state index in [1.54, 1.807) is 0 Å². The number of unbranched alkanes of at least 4 members (excludes halogenated alkanes) is 1.